The predicted octanol–water partition coefficient (Wildman–Crippen LogP) is 2.21. The molecule has 0 bridgehead atoms. The van der Waals surface area contributed by atoms with E-state index in [2.05, 4.69) is 10.6 Å². The van der Waals surface area contributed by atoms with Gasteiger partial charge >= 0.3 is 0 Å². The van der Waals surface area contributed by atoms with Gasteiger partial charge in [-0.15, -0.1) is 0 Å². The third-order valence-electron chi connectivity index (χ3n) is 4.22. The summed E-state index contributed by atoms with van der Waals surface area (Å²) in [6.45, 7) is 1.66. The average molecular weight is 357 g/mol. The van der Waals surface area contributed by atoms with Crippen molar-refractivity contribution in [1.29, 1.82) is 0 Å². The van der Waals surface area contributed by atoms with Crippen LogP contribution in [0.3, 0.4) is 0 Å². The van der Waals surface area contributed by atoms with Crippen LogP contribution in [0, 0.1) is 5.92 Å². The second kappa shape index (κ2) is 8.05. The summed E-state index contributed by atoms with van der Waals surface area (Å²) in [6, 6.07) is 9.77. The number of benzene rings is 1. The van der Waals surface area contributed by atoms with Crippen LogP contribution in [0.4, 0.5) is 5.69 Å². The maximum atomic E-state index is 12.1. The second-order valence-corrected chi connectivity index (χ2v) is 6.48. The van der Waals surface area contributed by atoms with Gasteiger partial charge in [0.15, 0.2) is 6.61 Å². The highest BCUT2D eigenvalue weighted by Gasteiger charge is 2.29. The lowest BCUT2D eigenvalue weighted by atomic mass is 10.1. The number of amides is 2. The standard InChI is InChI=1S/C19H23N3O4/c1-12(18(20)16-6-3-9-25-16)21-17(23)11-26-15-5-2-4-14(10-15)22-19(24)13-7-8-13/h2-6,9-10,12-13,18H,7-8,11,20H2,1H3,(H,21,23)(H,22,24). The van der Waals surface area contributed by atoms with Crippen LogP contribution < -0.4 is 21.1 Å². The third kappa shape index (κ3) is 4.86. The van der Waals surface area contributed by atoms with Crippen LogP contribution in [0.5, 0.6) is 5.75 Å². The fraction of sp³-hybridized carbons (Fsp3) is 0.368. The summed E-state index contributed by atoms with van der Waals surface area (Å²) in [6.07, 6.45) is 3.43. The van der Waals surface area contributed by atoms with Crippen LogP contribution >= 0.6 is 0 Å². The number of nitrogens with one attached hydrogen (secondary N) is 2. The third-order valence-corrected chi connectivity index (χ3v) is 4.22. The number of nitrogens with two attached hydrogens (primary N) is 1. The van der Waals surface area contributed by atoms with Crippen LogP contribution in [0.2, 0.25) is 0 Å². The van der Waals surface area contributed by atoms with Crippen molar-refractivity contribution in [2.45, 2.75) is 31.8 Å². The zero-order valence-corrected chi connectivity index (χ0v) is 14.6. The van der Waals surface area contributed by atoms with E-state index in [0.29, 0.717) is 17.2 Å². The normalized spacial score (nSPS) is 15.8. The minimum Gasteiger partial charge on any atom is -0.484 e. The lowest BCUT2D eigenvalue weighted by Gasteiger charge is -2.19. The van der Waals surface area contributed by atoms with Gasteiger partial charge < -0.3 is 25.5 Å². The molecule has 1 aliphatic rings. The molecule has 138 valence electrons. The predicted molar refractivity (Wildman–Crippen MR) is 96.5 cm³/mol. The van der Waals surface area contributed by atoms with E-state index < -0.39 is 6.04 Å². The van der Waals surface area contributed by atoms with E-state index >= 15 is 0 Å². The summed E-state index contributed by atoms with van der Waals surface area (Å²) >= 11 is 0. The number of carbonyl (C=O) groups excluding carboxylic acids is 2. The Morgan fingerprint density at radius 1 is 1.31 bits per heavy atom. The first kappa shape index (κ1) is 18.0. The molecule has 26 heavy (non-hydrogen) atoms. The maximum Gasteiger partial charge on any atom is 0.258 e. The topological polar surface area (TPSA) is 107 Å². The lowest BCUT2D eigenvalue weighted by Crippen LogP contribution is -2.42. The number of rotatable bonds is 8. The maximum absolute atomic E-state index is 12.1. The molecule has 1 aromatic heterocycles. The van der Waals surface area contributed by atoms with E-state index in [4.69, 9.17) is 14.9 Å². The van der Waals surface area contributed by atoms with Gasteiger partial charge in [0.05, 0.1) is 12.3 Å². The monoisotopic (exact) mass is 357 g/mol. The quantitative estimate of drug-likeness (QED) is 0.671. The van der Waals surface area contributed by atoms with Crippen molar-refractivity contribution in [1.82, 2.24) is 5.32 Å². The summed E-state index contributed by atoms with van der Waals surface area (Å²) < 4.78 is 10.8. The van der Waals surface area contributed by atoms with E-state index in [1.54, 1.807) is 49.6 Å². The van der Waals surface area contributed by atoms with Crippen LogP contribution in [-0.2, 0) is 9.59 Å². The number of hydrogen-bond donors (Lipinski definition) is 3. The van der Waals surface area contributed by atoms with Crippen molar-refractivity contribution in [3.8, 4) is 5.75 Å². The first-order valence-electron chi connectivity index (χ1n) is 8.65. The molecule has 2 amide bonds. The van der Waals surface area contributed by atoms with Gasteiger partial charge in [-0.2, -0.15) is 0 Å². The van der Waals surface area contributed by atoms with E-state index in [-0.39, 0.29) is 30.4 Å². The molecule has 2 aromatic rings. The highest BCUT2D eigenvalue weighted by Crippen LogP contribution is 2.30. The summed E-state index contributed by atoms with van der Waals surface area (Å²) in [7, 11) is 0. The van der Waals surface area contributed by atoms with Gasteiger partial charge in [-0.25, -0.2) is 0 Å². The SMILES string of the molecule is CC(NC(=O)COc1cccc(NC(=O)C2CC2)c1)C(N)c1ccco1. The molecule has 1 heterocycles. The first-order valence-corrected chi connectivity index (χ1v) is 8.65. The minimum absolute atomic E-state index is 0.0284. The number of carbonyl (C=O) groups is 2. The summed E-state index contributed by atoms with van der Waals surface area (Å²) in [5.41, 5.74) is 6.70. The van der Waals surface area contributed by atoms with Gasteiger partial charge in [0.25, 0.3) is 5.91 Å². The van der Waals surface area contributed by atoms with Crippen LogP contribution in [0.15, 0.2) is 47.1 Å². The fourth-order valence-electron chi connectivity index (χ4n) is 2.52. The molecule has 0 radical (unpaired) electrons. The molecule has 0 saturated heterocycles. The Morgan fingerprint density at radius 3 is 2.81 bits per heavy atom. The fourth-order valence-corrected chi connectivity index (χ4v) is 2.52. The Bertz CT molecular complexity index is 756. The summed E-state index contributed by atoms with van der Waals surface area (Å²) in [5.74, 6) is 0.993. The Labute approximate surface area is 151 Å². The smallest absolute Gasteiger partial charge is 0.258 e. The second-order valence-electron chi connectivity index (χ2n) is 6.48. The number of anilines is 1. The zero-order valence-electron chi connectivity index (χ0n) is 14.6. The highest BCUT2D eigenvalue weighted by molar-refractivity contribution is 5.94. The largest absolute Gasteiger partial charge is 0.484 e. The van der Waals surface area contributed by atoms with E-state index in [1.165, 1.54) is 0 Å². The molecule has 0 spiro atoms. The summed E-state index contributed by atoms with van der Waals surface area (Å²) in [4.78, 5) is 23.9. The Kier molecular flexibility index (Phi) is 5.58. The molecule has 1 aliphatic carbocycles. The van der Waals surface area contributed by atoms with Gasteiger partial charge in [0.1, 0.15) is 11.5 Å². The molecule has 2 unspecified atom stereocenters. The molecule has 4 N–H and O–H groups in total. The van der Waals surface area contributed by atoms with Crippen molar-refractivity contribution in [3.63, 3.8) is 0 Å². The highest BCUT2D eigenvalue weighted by atomic mass is 16.5. The van der Waals surface area contributed by atoms with Crippen molar-refractivity contribution in [3.05, 3.63) is 48.4 Å². The molecule has 3 rings (SSSR count). The zero-order chi connectivity index (χ0) is 18.5. The van der Waals surface area contributed by atoms with Crippen molar-refractivity contribution >= 4 is 17.5 Å². The molecular formula is C19H23N3O4. The first-order chi connectivity index (χ1) is 12.5. The molecule has 7 nitrogen and oxygen atoms in total. The lowest BCUT2D eigenvalue weighted by molar-refractivity contribution is -0.124. The van der Waals surface area contributed by atoms with E-state index in [1.807, 2.05) is 0 Å². The Balaban J connectivity index is 1.47. The Morgan fingerprint density at radius 2 is 2.12 bits per heavy atom. The van der Waals surface area contributed by atoms with Gasteiger partial charge in [-0.3, -0.25) is 9.59 Å². The molecule has 2 atom stereocenters. The van der Waals surface area contributed by atoms with Crippen molar-refractivity contribution in [2.75, 3.05) is 11.9 Å². The van der Waals surface area contributed by atoms with Gasteiger partial charge in [-0.1, -0.05) is 6.07 Å². The molecule has 1 saturated carbocycles. The molecule has 1 aromatic carbocycles. The summed E-state index contributed by atoms with van der Waals surface area (Å²) in [5, 5.41) is 5.64. The van der Waals surface area contributed by atoms with E-state index in [9.17, 15) is 9.59 Å². The number of ether oxygens (including phenoxy) is 1. The number of hydrogen-bond acceptors (Lipinski definition) is 5. The van der Waals surface area contributed by atoms with E-state index in [0.717, 1.165) is 12.8 Å². The Hall–Kier alpha value is -2.80. The number of furan rings is 1. The van der Waals surface area contributed by atoms with Gasteiger partial charge in [0.2, 0.25) is 5.91 Å². The van der Waals surface area contributed by atoms with Crippen molar-refractivity contribution in [2.24, 2.45) is 11.7 Å². The molecule has 1 fully saturated rings. The van der Waals surface area contributed by atoms with Gasteiger partial charge in [-0.05, 0) is 44.0 Å². The van der Waals surface area contributed by atoms with Crippen molar-refractivity contribution < 1.29 is 18.7 Å². The molecular weight excluding hydrogens is 334 g/mol. The van der Waals surface area contributed by atoms with Crippen LogP contribution in [-0.4, -0.2) is 24.5 Å². The van der Waals surface area contributed by atoms with Crippen LogP contribution in [0.1, 0.15) is 31.6 Å². The minimum atomic E-state index is -0.435. The van der Waals surface area contributed by atoms with Crippen LogP contribution in [0.25, 0.3) is 0 Å². The van der Waals surface area contributed by atoms with Gasteiger partial charge in [0, 0.05) is 23.7 Å². The molecule has 7 heteroatoms. The average Bonchev–Trinajstić information content (AvgIpc) is 3.34. The molecule has 0 aliphatic heterocycles.